The summed E-state index contributed by atoms with van der Waals surface area (Å²) in [5, 5.41) is 8.89. The highest BCUT2D eigenvalue weighted by Gasteiger charge is 2.24. The minimum absolute atomic E-state index is 0.0869. The van der Waals surface area contributed by atoms with Crippen LogP contribution in [0.25, 0.3) is 0 Å². The van der Waals surface area contributed by atoms with Crippen LogP contribution in [0.2, 0.25) is 0 Å². The maximum atomic E-state index is 10.8. The van der Waals surface area contributed by atoms with Crippen LogP contribution in [0.3, 0.4) is 0 Å². The van der Waals surface area contributed by atoms with E-state index in [1.807, 2.05) is 20.8 Å². The van der Waals surface area contributed by atoms with Gasteiger partial charge in [0, 0.05) is 30.9 Å². The summed E-state index contributed by atoms with van der Waals surface area (Å²) in [5.41, 5.74) is 0.558. The fourth-order valence-electron chi connectivity index (χ4n) is 2.03. The quantitative estimate of drug-likeness (QED) is 0.831. The average Bonchev–Trinajstić information content (AvgIpc) is 2.41. The maximum absolute atomic E-state index is 10.8. The minimum atomic E-state index is -0.810. The van der Waals surface area contributed by atoms with E-state index >= 15 is 0 Å². The molecular weight excluding hydrogens is 272 g/mol. The van der Waals surface area contributed by atoms with Crippen LogP contribution in [0.15, 0.2) is 12.3 Å². The maximum Gasteiger partial charge on any atom is 0.304 e. The Morgan fingerprint density at radius 1 is 1.33 bits per heavy atom. The van der Waals surface area contributed by atoms with E-state index in [1.165, 1.54) is 0 Å². The number of carboxylic acid groups (broad SMARTS) is 1. The lowest BCUT2D eigenvalue weighted by atomic mass is 10.0. The number of aliphatic carboxylic acids is 1. The third-order valence-corrected chi connectivity index (χ3v) is 3.25. The topological polar surface area (TPSA) is 71.9 Å². The van der Waals surface area contributed by atoms with E-state index in [0.717, 1.165) is 5.69 Å². The standard InChI is InChI=1S/C15H24N2O4/c1-15(2,3)17(9-7-13(18)19)10-11-14(21-5)12(20-4)6-8-16-11/h6,8H,7,9-10H2,1-5H3,(H,18,19). The molecule has 1 N–H and O–H groups in total. The molecule has 0 amide bonds. The van der Waals surface area contributed by atoms with E-state index in [0.29, 0.717) is 24.6 Å². The first-order valence-electron chi connectivity index (χ1n) is 6.82. The molecule has 0 aliphatic heterocycles. The first kappa shape index (κ1) is 17.2. The van der Waals surface area contributed by atoms with Crippen molar-refractivity contribution in [3.05, 3.63) is 18.0 Å². The number of aromatic nitrogens is 1. The molecule has 1 rings (SSSR count). The predicted octanol–water partition coefficient (Wildman–Crippen LogP) is 2.17. The molecule has 0 bridgehead atoms. The first-order chi connectivity index (χ1) is 9.79. The molecule has 118 valence electrons. The summed E-state index contributed by atoms with van der Waals surface area (Å²) in [5.74, 6) is 0.397. The zero-order valence-corrected chi connectivity index (χ0v) is 13.3. The molecule has 21 heavy (non-hydrogen) atoms. The Kier molecular flexibility index (Phi) is 5.96. The van der Waals surface area contributed by atoms with Crippen LogP contribution in [-0.2, 0) is 11.3 Å². The van der Waals surface area contributed by atoms with Gasteiger partial charge in [0.15, 0.2) is 11.5 Å². The molecule has 0 atom stereocenters. The lowest BCUT2D eigenvalue weighted by Crippen LogP contribution is -2.42. The molecule has 0 spiro atoms. The Balaban J connectivity index is 3.00. The minimum Gasteiger partial charge on any atom is -0.493 e. The lowest BCUT2D eigenvalue weighted by Gasteiger charge is -2.35. The van der Waals surface area contributed by atoms with Gasteiger partial charge in [-0.1, -0.05) is 0 Å². The first-order valence-corrected chi connectivity index (χ1v) is 6.82. The lowest BCUT2D eigenvalue weighted by molar-refractivity contribution is -0.137. The van der Waals surface area contributed by atoms with Gasteiger partial charge in [-0.3, -0.25) is 14.7 Å². The Labute approximate surface area is 125 Å². The van der Waals surface area contributed by atoms with Crippen molar-refractivity contribution in [3.8, 4) is 11.5 Å². The van der Waals surface area contributed by atoms with E-state index in [4.69, 9.17) is 14.6 Å². The van der Waals surface area contributed by atoms with Crippen LogP contribution >= 0.6 is 0 Å². The van der Waals surface area contributed by atoms with E-state index in [9.17, 15) is 4.79 Å². The molecule has 0 saturated carbocycles. The molecule has 1 aromatic heterocycles. The molecule has 0 saturated heterocycles. The summed E-state index contributed by atoms with van der Waals surface area (Å²) >= 11 is 0. The van der Waals surface area contributed by atoms with Crippen molar-refractivity contribution in [2.24, 2.45) is 0 Å². The van der Waals surface area contributed by atoms with Crippen molar-refractivity contribution in [2.75, 3.05) is 20.8 Å². The van der Waals surface area contributed by atoms with Gasteiger partial charge in [0.25, 0.3) is 0 Å². The highest BCUT2D eigenvalue weighted by Crippen LogP contribution is 2.31. The SMILES string of the molecule is COc1ccnc(CN(CCC(=O)O)C(C)(C)C)c1OC. The molecule has 0 aromatic carbocycles. The van der Waals surface area contributed by atoms with Gasteiger partial charge in [0.05, 0.1) is 20.6 Å². The van der Waals surface area contributed by atoms with Crippen molar-refractivity contribution >= 4 is 5.97 Å². The van der Waals surface area contributed by atoms with Crippen LogP contribution in [0.4, 0.5) is 0 Å². The Morgan fingerprint density at radius 3 is 2.48 bits per heavy atom. The molecule has 0 radical (unpaired) electrons. The van der Waals surface area contributed by atoms with Gasteiger partial charge in [-0.2, -0.15) is 0 Å². The third kappa shape index (κ3) is 4.90. The monoisotopic (exact) mass is 296 g/mol. The average molecular weight is 296 g/mol. The number of carbonyl (C=O) groups is 1. The van der Waals surface area contributed by atoms with Gasteiger partial charge in [0.2, 0.25) is 0 Å². The number of rotatable bonds is 7. The van der Waals surface area contributed by atoms with Gasteiger partial charge in [0.1, 0.15) is 5.69 Å². The van der Waals surface area contributed by atoms with Crippen LogP contribution in [-0.4, -0.2) is 47.3 Å². The zero-order valence-electron chi connectivity index (χ0n) is 13.3. The number of hydrogen-bond donors (Lipinski definition) is 1. The van der Waals surface area contributed by atoms with Crippen molar-refractivity contribution in [1.29, 1.82) is 0 Å². The zero-order chi connectivity index (χ0) is 16.0. The third-order valence-electron chi connectivity index (χ3n) is 3.25. The number of pyridine rings is 1. The van der Waals surface area contributed by atoms with Crippen molar-refractivity contribution < 1.29 is 19.4 Å². The van der Waals surface area contributed by atoms with Crippen LogP contribution in [0.1, 0.15) is 32.9 Å². The van der Waals surface area contributed by atoms with Gasteiger partial charge in [-0.15, -0.1) is 0 Å². The fraction of sp³-hybridized carbons (Fsp3) is 0.600. The molecule has 6 nitrogen and oxygen atoms in total. The molecular formula is C15H24N2O4. The number of nitrogens with zero attached hydrogens (tertiary/aromatic N) is 2. The van der Waals surface area contributed by atoms with Crippen molar-refractivity contribution in [1.82, 2.24) is 9.88 Å². The summed E-state index contributed by atoms with van der Waals surface area (Å²) in [6, 6.07) is 1.74. The molecule has 0 fully saturated rings. The van der Waals surface area contributed by atoms with Gasteiger partial charge in [-0.05, 0) is 20.8 Å². The summed E-state index contributed by atoms with van der Waals surface area (Å²) in [6.45, 7) is 7.07. The largest absolute Gasteiger partial charge is 0.493 e. The Bertz CT molecular complexity index is 483. The highest BCUT2D eigenvalue weighted by atomic mass is 16.5. The van der Waals surface area contributed by atoms with Crippen LogP contribution in [0, 0.1) is 0 Å². The second-order valence-electron chi connectivity index (χ2n) is 5.73. The normalized spacial score (nSPS) is 11.5. The van der Waals surface area contributed by atoms with E-state index in [-0.39, 0.29) is 12.0 Å². The molecule has 6 heteroatoms. The molecule has 1 heterocycles. The summed E-state index contributed by atoms with van der Waals surface area (Å²) in [4.78, 5) is 17.2. The van der Waals surface area contributed by atoms with Crippen LogP contribution < -0.4 is 9.47 Å². The van der Waals surface area contributed by atoms with Crippen LogP contribution in [0.5, 0.6) is 11.5 Å². The van der Waals surface area contributed by atoms with Gasteiger partial charge < -0.3 is 14.6 Å². The summed E-state index contributed by atoms with van der Waals surface area (Å²) < 4.78 is 10.6. The molecule has 1 aromatic rings. The number of ether oxygens (including phenoxy) is 2. The van der Waals surface area contributed by atoms with Crippen molar-refractivity contribution in [2.45, 2.75) is 39.3 Å². The predicted molar refractivity (Wildman–Crippen MR) is 79.8 cm³/mol. The van der Waals surface area contributed by atoms with E-state index < -0.39 is 5.97 Å². The number of carboxylic acids is 1. The number of methoxy groups -OCH3 is 2. The second kappa shape index (κ2) is 7.26. The summed E-state index contributed by atoms with van der Waals surface area (Å²) in [7, 11) is 3.15. The van der Waals surface area contributed by atoms with Crippen molar-refractivity contribution in [3.63, 3.8) is 0 Å². The highest BCUT2D eigenvalue weighted by molar-refractivity contribution is 5.66. The van der Waals surface area contributed by atoms with Gasteiger partial charge in [-0.25, -0.2) is 0 Å². The molecule has 0 unspecified atom stereocenters. The Hall–Kier alpha value is -1.82. The van der Waals surface area contributed by atoms with Gasteiger partial charge >= 0.3 is 5.97 Å². The summed E-state index contributed by atoms with van der Waals surface area (Å²) in [6.07, 6.45) is 1.75. The van der Waals surface area contributed by atoms with E-state index in [1.54, 1.807) is 26.5 Å². The van der Waals surface area contributed by atoms with E-state index in [2.05, 4.69) is 9.88 Å². The molecule has 0 aliphatic rings. The Morgan fingerprint density at radius 2 is 2.00 bits per heavy atom. The molecule has 0 aliphatic carbocycles. The smallest absolute Gasteiger partial charge is 0.304 e. The number of hydrogen-bond acceptors (Lipinski definition) is 5. The second-order valence-corrected chi connectivity index (χ2v) is 5.73. The fourth-order valence-corrected chi connectivity index (χ4v) is 2.03.